The van der Waals surface area contributed by atoms with E-state index >= 15 is 0 Å². The van der Waals surface area contributed by atoms with Crippen LogP contribution in [0.15, 0.2) is 137 Å². The summed E-state index contributed by atoms with van der Waals surface area (Å²) in [4.78, 5) is 33.2. The first-order valence-corrected chi connectivity index (χ1v) is 17.4. The summed E-state index contributed by atoms with van der Waals surface area (Å²) in [6, 6.07) is 36.8. The van der Waals surface area contributed by atoms with Crippen LogP contribution in [0.25, 0.3) is 43.8 Å². The maximum atomic E-state index is 11.4. The number of benzene rings is 7. The third-order valence-electron chi connectivity index (χ3n) is 7.98. The first-order chi connectivity index (χ1) is 24.9. The molecule has 14 heteroatoms. The second-order valence-corrected chi connectivity index (χ2v) is 13.8. The van der Waals surface area contributed by atoms with Crippen molar-refractivity contribution in [3.05, 3.63) is 178 Å². The van der Waals surface area contributed by atoms with Crippen molar-refractivity contribution in [3.8, 4) is 22.3 Å². The number of rotatable bonds is 7. The molecule has 0 fully saturated rings. The zero-order chi connectivity index (χ0) is 37.1. The van der Waals surface area contributed by atoms with Gasteiger partial charge in [0.15, 0.2) is 0 Å². The van der Waals surface area contributed by atoms with Crippen molar-refractivity contribution in [2.45, 2.75) is 9.79 Å². The Balaban J connectivity index is 0.000000362. The summed E-state index contributed by atoms with van der Waals surface area (Å²) in [5.74, 6) is 0. The van der Waals surface area contributed by atoms with Crippen LogP contribution in [0.1, 0.15) is 0 Å². The van der Waals surface area contributed by atoms with Crippen molar-refractivity contribution < 1.29 is 14.8 Å². The molecule has 52 heavy (non-hydrogen) atoms. The summed E-state index contributed by atoms with van der Waals surface area (Å²) in [5, 5.41) is 37.9. The first kappa shape index (κ1) is 36.6. The maximum absolute atomic E-state index is 11.4. The summed E-state index contributed by atoms with van der Waals surface area (Å²) in [6.45, 7) is 0. The molecule has 0 unspecified atom stereocenters. The molecule has 0 N–H and O–H groups in total. The van der Waals surface area contributed by atoms with Crippen molar-refractivity contribution in [2.75, 3.05) is 0 Å². The minimum absolute atomic E-state index is 0.0561. The molecule has 0 atom stereocenters. The summed E-state index contributed by atoms with van der Waals surface area (Å²) in [5.41, 5.74) is 2.82. The van der Waals surface area contributed by atoms with Gasteiger partial charge in [-0.15, -0.1) is 0 Å². The van der Waals surface area contributed by atoms with Crippen LogP contribution in [0.4, 0.5) is 17.1 Å². The summed E-state index contributed by atoms with van der Waals surface area (Å²) >= 11 is 25.9. The van der Waals surface area contributed by atoms with Gasteiger partial charge in [-0.05, 0) is 51.9 Å². The molecule has 7 aromatic rings. The van der Waals surface area contributed by atoms with Gasteiger partial charge >= 0.3 is 0 Å². The van der Waals surface area contributed by atoms with Gasteiger partial charge < -0.3 is 0 Å². The van der Waals surface area contributed by atoms with Crippen molar-refractivity contribution >= 4 is 96.8 Å². The van der Waals surface area contributed by atoms with E-state index in [0.717, 1.165) is 42.5 Å². The summed E-state index contributed by atoms with van der Waals surface area (Å²) in [7, 11) is 0. The topological polar surface area (TPSA) is 129 Å². The van der Waals surface area contributed by atoms with E-state index < -0.39 is 14.8 Å². The fraction of sp³-hybridized carbons (Fsp3) is 0. The lowest BCUT2D eigenvalue weighted by molar-refractivity contribution is -0.385. The SMILES string of the molecule is O=[N+]([O-])c1ccc(-c2c(Sc3ccc4ccccc4c3-c3ccc([N+](=O)[O-])cc3Cl)ccc3ccccc23)c(Cl)c1.O=[N+]([O-])c1ccc(Cl)c(Cl)c1. The molecule has 0 saturated heterocycles. The van der Waals surface area contributed by atoms with E-state index in [4.69, 9.17) is 46.4 Å². The fourth-order valence-electron chi connectivity index (χ4n) is 5.59. The Morgan fingerprint density at radius 2 is 0.808 bits per heavy atom. The highest BCUT2D eigenvalue weighted by Crippen LogP contribution is 2.48. The van der Waals surface area contributed by atoms with Crippen LogP contribution in [0.3, 0.4) is 0 Å². The van der Waals surface area contributed by atoms with E-state index in [1.807, 2.05) is 72.8 Å². The van der Waals surface area contributed by atoms with Crippen LogP contribution < -0.4 is 0 Å². The quantitative estimate of drug-likeness (QED) is 0.116. The molecule has 0 saturated carbocycles. The maximum Gasteiger partial charge on any atom is 0.271 e. The number of nitrogens with zero attached hydrogens (tertiary/aromatic N) is 3. The zero-order valence-electron chi connectivity index (χ0n) is 26.3. The largest absolute Gasteiger partial charge is 0.271 e. The molecule has 0 aliphatic rings. The van der Waals surface area contributed by atoms with Gasteiger partial charge in [-0.25, -0.2) is 0 Å². The smallest absolute Gasteiger partial charge is 0.258 e. The van der Waals surface area contributed by atoms with E-state index in [1.54, 1.807) is 12.1 Å². The van der Waals surface area contributed by atoms with Crippen LogP contribution in [0.5, 0.6) is 0 Å². The van der Waals surface area contributed by atoms with Crippen LogP contribution >= 0.6 is 58.2 Å². The molecule has 7 rings (SSSR count). The van der Waals surface area contributed by atoms with Gasteiger partial charge in [0, 0.05) is 68.4 Å². The highest BCUT2D eigenvalue weighted by Gasteiger charge is 2.21. The average Bonchev–Trinajstić information content (AvgIpc) is 3.13. The highest BCUT2D eigenvalue weighted by molar-refractivity contribution is 7.99. The summed E-state index contributed by atoms with van der Waals surface area (Å²) in [6.07, 6.45) is 0. The molecule has 9 nitrogen and oxygen atoms in total. The van der Waals surface area contributed by atoms with Crippen LogP contribution in [0.2, 0.25) is 20.1 Å². The van der Waals surface area contributed by atoms with Crippen LogP contribution in [0, 0.1) is 30.3 Å². The van der Waals surface area contributed by atoms with Crippen LogP contribution in [-0.2, 0) is 0 Å². The molecular formula is C38H21Cl4N3O6S. The van der Waals surface area contributed by atoms with Crippen molar-refractivity contribution in [1.29, 1.82) is 0 Å². The number of fused-ring (bicyclic) bond motifs is 2. The van der Waals surface area contributed by atoms with Gasteiger partial charge in [0.2, 0.25) is 0 Å². The number of hydrogen-bond donors (Lipinski definition) is 0. The van der Waals surface area contributed by atoms with E-state index in [0.29, 0.717) is 16.1 Å². The highest BCUT2D eigenvalue weighted by atomic mass is 35.5. The van der Waals surface area contributed by atoms with Crippen LogP contribution in [-0.4, -0.2) is 14.8 Å². The van der Waals surface area contributed by atoms with E-state index in [-0.39, 0.29) is 32.1 Å². The summed E-state index contributed by atoms with van der Waals surface area (Å²) < 4.78 is 0. The lowest BCUT2D eigenvalue weighted by Gasteiger charge is -2.18. The van der Waals surface area contributed by atoms with Gasteiger partial charge in [-0.2, -0.15) is 0 Å². The second kappa shape index (κ2) is 15.6. The molecular weight excluding hydrogens is 768 g/mol. The predicted molar refractivity (Wildman–Crippen MR) is 209 cm³/mol. The van der Waals surface area contributed by atoms with Crippen molar-refractivity contribution in [2.24, 2.45) is 0 Å². The van der Waals surface area contributed by atoms with E-state index in [9.17, 15) is 30.3 Å². The Morgan fingerprint density at radius 3 is 1.19 bits per heavy atom. The number of nitro groups is 3. The number of halogens is 4. The Hall–Kier alpha value is -5.23. The average molecular weight is 789 g/mol. The predicted octanol–water partition coefficient (Wildman–Crippen LogP) is 13.5. The Morgan fingerprint density at radius 1 is 0.423 bits per heavy atom. The fourth-order valence-corrected chi connectivity index (χ4v) is 7.57. The Bertz CT molecular complexity index is 2420. The molecule has 0 aliphatic carbocycles. The van der Waals surface area contributed by atoms with Gasteiger partial charge in [0.1, 0.15) is 0 Å². The molecule has 0 bridgehead atoms. The number of hydrogen-bond acceptors (Lipinski definition) is 7. The molecule has 258 valence electrons. The number of nitro benzene ring substituents is 3. The van der Waals surface area contributed by atoms with Gasteiger partial charge in [-0.1, -0.05) is 119 Å². The first-order valence-electron chi connectivity index (χ1n) is 15.1. The second-order valence-electron chi connectivity index (χ2n) is 11.1. The standard InChI is InChI=1S/C32H18Cl2N2O4S.C6H3Cl2NO2/c33-27-17-21(35(37)38)11-13-25(27)31-23-7-3-1-5-19(23)9-15-29(31)41-30-16-10-20-6-2-4-8-24(20)32(30)26-14-12-22(36(39)40)18-28(26)34;7-5-2-1-4(9(10)11)3-6(5)8/h1-18H;1-3H. The van der Waals surface area contributed by atoms with Crippen molar-refractivity contribution in [1.82, 2.24) is 0 Å². The Kier molecular flexibility index (Phi) is 10.9. The molecule has 0 spiro atoms. The van der Waals surface area contributed by atoms with E-state index in [2.05, 4.69) is 0 Å². The minimum atomic E-state index is -0.526. The molecule has 0 heterocycles. The molecule has 0 aliphatic heterocycles. The van der Waals surface area contributed by atoms with Gasteiger partial charge in [0.05, 0.1) is 34.9 Å². The minimum Gasteiger partial charge on any atom is -0.258 e. The van der Waals surface area contributed by atoms with Crippen molar-refractivity contribution in [3.63, 3.8) is 0 Å². The third-order valence-corrected chi connectivity index (χ3v) is 10.5. The molecule has 7 aromatic carbocycles. The Labute approximate surface area is 319 Å². The molecule has 0 aromatic heterocycles. The molecule has 0 radical (unpaired) electrons. The van der Waals surface area contributed by atoms with E-state index in [1.165, 1.54) is 54.2 Å². The van der Waals surface area contributed by atoms with Gasteiger partial charge in [-0.3, -0.25) is 30.3 Å². The zero-order valence-corrected chi connectivity index (χ0v) is 30.2. The third kappa shape index (κ3) is 7.67. The lowest BCUT2D eigenvalue weighted by atomic mass is 9.97. The van der Waals surface area contributed by atoms with Gasteiger partial charge in [0.25, 0.3) is 17.1 Å². The molecule has 0 amide bonds. The number of non-ortho nitro benzene ring substituents is 3. The monoisotopic (exact) mass is 787 g/mol. The lowest BCUT2D eigenvalue weighted by Crippen LogP contribution is -1.93. The normalized spacial score (nSPS) is 10.8.